The number of nitrogens with one attached hydrogen (secondary N) is 1. The fourth-order valence-corrected chi connectivity index (χ4v) is 2.83. The molecule has 27 heavy (non-hydrogen) atoms. The molecule has 0 radical (unpaired) electrons. The molecule has 144 valence electrons. The molecule has 5 nitrogen and oxygen atoms in total. The standard InChI is InChI=1S/C21H26N2O3S/c1-4-14-23(15-5-2)21(27)26-19-10-6-16(7-11-19)20(24)22-17-8-12-18(25-3)13-9-17/h6-13H,4-5,14-15H2,1-3H3,(H,22,24). The van der Waals surface area contributed by atoms with Gasteiger partial charge in [0.15, 0.2) is 0 Å². The Labute approximate surface area is 166 Å². The minimum atomic E-state index is -0.187. The van der Waals surface area contributed by atoms with Crippen LogP contribution in [0.15, 0.2) is 48.5 Å². The Hall–Kier alpha value is -2.60. The van der Waals surface area contributed by atoms with E-state index in [0.717, 1.165) is 31.7 Å². The van der Waals surface area contributed by atoms with Crippen LogP contribution >= 0.6 is 12.2 Å². The zero-order chi connectivity index (χ0) is 19.6. The van der Waals surface area contributed by atoms with E-state index in [-0.39, 0.29) is 5.91 Å². The highest BCUT2D eigenvalue weighted by atomic mass is 32.1. The minimum Gasteiger partial charge on any atom is -0.497 e. The molecule has 0 bridgehead atoms. The summed E-state index contributed by atoms with van der Waals surface area (Å²) in [6.45, 7) is 5.97. The van der Waals surface area contributed by atoms with Crippen LogP contribution in [-0.4, -0.2) is 36.2 Å². The van der Waals surface area contributed by atoms with Crippen molar-refractivity contribution in [1.29, 1.82) is 0 Å². The first-order valence-corrected chi connectivity index (χ1v) is 9.50. The van der Waals surface area contributed by atoms with Gasteiger partial charge in [0.05, 0.1) is 7.11 Å². The maximum absolute atomic E-state index is 12.4. The summed E-state index contributed by atoms with van der Waals surface area (Å²) >= 11 is 5.39. The average Bonchev–Trinajstić information content (AvgIpc) is 2.69. The van der Waals surface area contributed by atoms with Crippen LogP contribution in [0.4, 0.5) is 5.69 Å². The Balaban J connectivity index is 1.96. The summed E-state index contributed by atoms with van der Waals surface area (Å²) < 4.78 is 10.9. The van der Waals surface area contributed by atoms with Crippen LogP contribution in [0.25, 0.3) is 0 Å². The van der Waals surface area contributed by atoms with Crippen molar-refractivity contribution in [3.63, 3.8) is 0 Å². The number of hydrogen-bond acceptors (Lipinski definition) is 4. The van der Waals surface area contributed by atoms with Crippen molar-refractivity contribution >= 4 is 29.0 Å². The lowest BCUT2D eigenvalue weighted by atomic mass is 10.2. The number of amides is 1. The lowest BCUT2D eigenvalue weighted by Crippen LogP contribution is -2.34. The Morgan fingerprint density at radius 2 is 1.52 bits per heavy atom. The van der Waals surface area contributed by atoms with Gasteiger partial charge in [-0.15, -0.1) is 0 Å². The van der Waals surface area contributed by atoms with Crippen molar-refractivity contribution in [1.82, 2.24) is 4.90 Å². The van der Waals surface area contributed by atoms with Crippen LogP contribution in [0.3, 0.4) is 0 Å². The van der Waals surface area contributed by atoms with E-state index in [1.54, 1.807) is 55.6 Å². The van der Waals surface area contributed by atoms with Crippen LogP contribution in [-0.2, 0) is 0 Å². The van der Waals surface area contributed by atoms with Crippen molar-refractivity contribution in [2.75, 3.05) is 25.5 Å². The van der Waals surface area contributed by atoms with Gasteiger partial charge in [0, 0.05) is 24.3 Å². The number of nitrogens with zero attached hydrogens (tertiary/aromatic N) is 1. The highest BCUT2D eigenvalue weighted by molar-refractivity contribution is 7.80. The molecule has 0 unspecified atom stereocenters. The Morgan fingerprint density at radius 1 is 0.963 bits per heavy atom. The molecule has 0 aliphatic heterocycles. The van der Waals surface area contributed by atoms with Crippen molar-refractivity contribution in [2.45, 2.75) is 26.7 Å². The number of carbonyl (C=O) groups excluding carboxylic acids is 1. The molecule has 0 saturated heterocycles. The van der Waals surface area contributed by atoms with Gasteiger partial charge in [-0.05, 0) is 73.6 Å². The molecule has 6 heteroatoms. The Kier molecular flexibility index (Phi) is 8.07. The molecule has 1 amide bonds. The molecule has 1 N–H and O–H groups in total. The number of carbonyl (C=O) groups is 1. The maximum atomic E-state index is 12.4. The van der Waals surface area contributed by atoms with Crippen LogP contribution in [0, 0.1) is 0 Å². The molecule has 2 aromatic carbocycles. The Morgan fingerprint density at radius 3 is 2.04 bits per heavy atom. The van der Waals surface area contributed by atoms with Gasteiger partial charge >= 0.3 is 0 Å². The number of benzene rings is 2. The third kappa shape index (κ3) is 6.25. The van der Waals surface area contributed by atoms with Crippen LogP contribution < -0.4 is 14.8 Å². The molecular weight excluding hydrogens is 360 g/mol. The topological polar surface area (TPSA) is 50.8 Å². The number of methoxy groups -OCH3 is 1. The third-order valence-corrected chi connectivity index (χ3v) is 4.26. The van der Waals surface area contributed by atoms with Gasteiger partial charge in [-0.25, -0.2) is 0 Å². The molecule has 0 saturated carbocycles. The van der Waals surface area contributed by atoms with Gasteiger partial charge in [0.25, 0.3) is 11.1 Å². The van der Waals surface area contributed by atoms with E-state index < -0.39 is 0 Å². The Bertz CT molecular complexity index is 739. The summed E-state index contributed by atoms with van der Waals surface area (Å²) in [4.78, 5) is 14.4. The normalized spacial score (nSPS) is 10.2. The number of rotatable bonds is 8. The molecule has 0 aliphatic carbocycles. The average molecular weight is 387 g/mol. The quantitative estimate of drug-likeness (QED) is 0.665. The fourth-order valence-electron chi connectivity index (χ4n) is 2.55. The molecule has 2 rings (SSSR count). The van der Waals surface area contributed by atoms with Gasteiger partial charge in [0.2, 0.25) is 0 Å². The van der Waals surface area contributed by atoms with Gasteiger partial charge in [-0.2, -0.15) is 0 Å². The molecule has 0 aliphatic rings. The zero-order valence-corrected chi connectivity index (χ0v) is 16.8. The first kappa shape index (κ1) is 20.7. The minimum absolute atomic E-state index is 0.187. The van der Waals surface area contributed by atoms with Crippen molar-refractivity contribution < 1.29 is 14.3 Å². The highest BCUT2D eigenvalue weighted by Crippen LogP contribution is 2.18. The van der Waals surface area contributed by atoms with Gasteiger partial charge in [0.1, 0.15) is 11.5 Å². The molecule has 0 aromatic heterocycles. The molecule has 0 atom stereocenters. The number of thiocarbonyl (C=S) groups is 1. The number of hydrogen-bond donors (Lipinski definition) is 1. The van der Waals surface area contributed by atoms with Gasteiger partial charge in [-0.3, -0.25) is 4.79 Å². The first-order valence-electron chi connectivity index (χ1n) is 9.09. The number of ether oxygens (including phenoxy) is 2. The lowest BCUT2D eigenvalue weighted by molar-refractivity contribution is 0.102. The fraction of sp³-hybridized carbons (Fsp3) is 0.333. The van der Waals surface area contributed by atoms with E-state index in [2.05, 4.69) is 24.1 Å². The molecule has 2 aromatic rings. The number of anilines is 1. The van der Waals surface area contributed by atoms with Crippen LogP contribution in [0.2, 0.25) is 0 Å². The van der Waals surface area contributed by atoms with Gasteiger partial charge in [-0.1, -0.05) is 13.8 Å². The summed E-state index contributed by atoms with van der Waals surface area (Å²) in [5.41, 5.74) is 1.25. The van der Waals surface area contributed by atoms with Crippen LogP contribution in [0.5, 0.6) is 11.5 Å². The second-order valence-corrected chi connectivity index (χ2v) is 6.41. The zero-order valence-electron chi connectivity index (χ0n) is 16.0. The first-order chi connectivity index (χ1) is 13.1. The predicted molar refractivity (Wildman–Crippen MR) is 113 cm³/mol. The van der Waals surface area contributed by atoms with Crippen LogP contribution in [0.1, 0.15) is 37.0 Å². The largest absolute Gasteiger partial charge is 0.497 e. The predicted octanol–water partition coefficient (Wildman–Crippen LogP) is 4.73. The lowest BCUT2D eigenvalue weighted by Gasteiger charge is -2.23. The second kappa shape index (κ2) is 10.5. The summed E-state index contributed by atoms with van der Waals surface area (Å²) in [5, 5.41) is 3.32. The molecular formula is C21H26N2O3S. The van der Waals surface area contributed by atoms with E-state index in [1.807, 2.05) is 0 Å². The molecule has 0 heterocycles. The molecule has 0 spiro atoms. The second-order valence-electron chi connectivity index (χ2n) is 6.06. The SMILES string of the molecule is CCCN(CCC)C(=S)Oc1ccc(C(=O)Nc2ccc(OC)cc2)cc1. The van der Waals surface area contributed by atoms with Gasteiger partial charge < -0.3 is 19.7 Å². The summed E-state index contributed by atoms with van der Waals surface area (Å²) in [5.74, 6) is 1.18. The third-order valence-electron chi connectivity index (χ3n) is 3.91. The summed E-state index contributed by atoms with van der Waals surface area (Å²) in [6, 6.07) is 14.1. The monoisotopic (exact) mass is 386 g/mol. The van der Waals surface area contributed by atoms with Crippen molar-refractivity contribution in [3.8, 4) is 11.5 Å². The molecule has 0 fully saturated rings. The van der Waals surface area contributed by atoms with E-state index in [9.17, 15) is 4.79 Å². The summed E-state index contributed by atoms with van der Waals surface area (Å²) in [7, 11) is 1.60. The van der Waals surface area contributed by atoms with E-state index in [1.165, 1.54) is 0 Å². The maximum Gasteiger partial charge on any atom is 0.264 e. The van der Waals surface area contributed by atoms with E-state index >= 15 is 0 Å². The van der Waals surface area contributed by atoms with E-state index in [4.69, 9.17) is 21.7 Å². The highest BCUT2D eigenvalue weighted by Gasteiger charge is 2.11. The van der Waals surface area contributed by atoms with E-state index in [0.29, 0.717) is 22.2 Å². The summed E-state index contributed by atoms with van der Waals surface area (Å²) in [6.07, 6.45) is 2.02. The van der Waals surface area contributed by atoms with Crippen molar-refractivity contribution in [2.24, 2.45) is 0 Å². The smallest absolute Gasteiger partial charge is 0.264 e. The van der Waals surface area contributed by atoms with Crippen molar-refractivity contribution in [3.05, 3.63) is 54.1 Å².